The summed E-state index contributed by atoms with van der Waals surface area (Å²) in [5.74, 6) is -1.32. The summed E-state index contributed by atoms with van der Waals surface area (Å²) in [4.78, 5) is 28.7. The van der Waals surface area contributed by atoms with Crippen LogP contribution in [0.1, 0.15) is 72.3 Å². The van der Waals surface area contributed by atoms with Gasteiger partial charge in [0.2, 0.25) is 11.7 Å². The fraction of sp³-hybridized carbons (Fsp3) is 0.385. The van der Waals surface area contributed by atoms with Crippen LogP contribution in [0.3, 0.4) is 0 Å². The summed E-state index contributed by atoms with van der Waals surface area (Å²) in [6.07, 6.45) is 6.21. The Morgan fingerprint density at radius 1 is 1.12 bits per heavy atom. The number of amides is 1. The van der Waals surface area contributed by atoms with Crippen LogP contribution in [0, 0.1) is 5.82 Å². The van der Waals surface area contributed by atoms with Gasteiger partial charge in [-0.2, -0.15) is 4.98 Å². The van der Waals surface area contributed by atoms with Crippen LogP contribution in [0.15, 0.2) is 47.0 Å². The monoisotopic (exact) mass is 465 g/mol. The van der Waals surface area contributed by atoms with E-state index in [-0.39, 0.29) is 23.7 Å². The molecule has 0 radical (unpaired) electrons. The lowest BCUT2D eigenvalue weighted by molar-refractivity contribution is -0.139. The number of carboxylic acids is 1. The highest BCUT2D eigenvalue weighted by atomic mass is 19.1. The number of nitrogens with one attached hydrogen (secondary N) is 1. The second-order valence-corrected chi connectivity index (χ2v) is 8.72. The maximum Gasteiger partial charge on any atom is 0.326 e. The van der Waals surface area contributed by atoms with E-state index >= 15 is 0 Å². The topological polar surface area (TPSA) is 105 Å². The molecule has 4 rings (SSSR count). The van der Waals surface area contributed by atoms with Crippen LogP contribution in [-0.2, 0) is 17.6 Å². The van der Waals surface area contributed by atoms with Crippen molar-refractivity contribution in [1.29, 1.82) is 0 Å². The second kappa shape index (κ2) is 10.6. The number of hydrogen-bond acceptors (Lipinski definition) is 5. The number of halogens is 1. The molecule has 1 saturated carbocycles. The van der Waals surface area contributed by atoms with Crippen LogP contribution >= 0.6 is 0 Å². The minimum Gasteiger partial charge on any atom is -0.480 e. The van der Waals surface area contributed by atoms with Crippen LogP contribution in [0.5, 0.6) is 0 Å². The van der Waals surface area contributed by atoms with Gasteiger partial charge in [0.25, 0.3) is 5.91 Å². The third-order valence-electron chi connectivity index (χ3n) is 6.34. The zero-order valence-electron chi connectivity index (χ0n) is 19.1. The van der Waals surface area contributed by atoms with E-state index in [0.29, 0.717) is 17.0 Å². The van der Waals surface area contributed by atoms with Crippen molar-refractivity contribution in [2.24, 2.45) is 0 Å². The molecule has 0 spiro atoms. The number of carbonyl (C=O) groups is 2. The van der Waals surface area contributed by atoms with E-state index in [9.17, 15) is 19.1 Å². The molecular formula is C26H28FN3O4. The van der Waals surface area contributed by atoms with Crippen molar-refractivity contribution in [1.82, 2.24) is 15.5 Å². The molecule has 3 aromatic rings. The second-order valence-electron chi connectivity index (χ2n) is 8.72. The molecule has 1 unspecified atom stereocenters. The summed E-state index contributed by atoms with van der Waals surface area (Å²) in [6, 6.07) is 10.2. The molecule has 1 atom stereocenters. The first-order chi connectivity index (χ1) is 16.4. The number of hydrogen-bond donors (Lipinski definition) is 2. The predicted molar refractivity (Wildman–Crippen MR) is 124 cm³/mol. The third-order valence-corrected chi connectivity index (χ3v) is 6.34. The number of carboxylic acid groups (broad SMARTS) is 1. The van der Waals surface area contributed by atoms with Gasteiger partial charge in [0.15, 0.2) is 0 Å². The minimum atomic E-state index is -1.20. The SMILES string of the molecule is CCc1ccc(C(=O)NC(Cc2ccc(-c3noc(C4CCCCC4)n3)c(F)c2)C(=O)O)cc1. The fourth-order valence-electron chi connectivity index (χ4n) is 4.30. The van der Waals surface area contributed by atoms with Crippen LogP contribution in [0.2, 0.25) is 0 Å². The Hall–Kier alpha value is -3.55. The van der Waals surface area contributed by atoms with Crippen molar-refractivity contribution in [3.63, 3.8) is 0 Å². The normalized spacial score (nSPS) is 15.1. The molecular weight excluding hydrogens is 437 g/mol. The molecule has 1 amide bonds. The lowest BCUT2D eigenvalue weighted by Gasteiger charge is -2.17. The molecule has 1 fully saturated rings. The van der Waals surface area contributed by atoms with Gasteiger partial charge in [0.1, 0.15) is 11.9 Å². The first-order valence-corrected chi connectivity index (χ1v) is 11.7. The molecule has 178 valence electrons. The lowest BCUT2D eigenvalue weighted by Crippen LogP contribution is -2.42. The van der Waals surface area contributed by atoms with Gasteiger partial charge in [-0.05, 0) is 54.7 Å². The number of aromatic nitrogens is 2. The molecule has 2 aromatic carbocycles. The Bertz CT molecular complexity index is 1150. The highest BCUT2D eigenvalue weighted by molar-refractivity contribution is 5.96. The predicted octanol–water partition coefficient (Wildman–Crippen LogP) is 4.91. The summed E-state index contributed by atoms with van der Waals surface area (Å²) in [5, 5.41) is 16.1. The van der Waals surface area contributed by atoms with Crippen molar-refractivity contribution in [2.75, 3.05) is 0 Å². The number of nitrogens with zero attached hydrogens (tertiary/aromatic N) is 2. The Kier molecular flexibility index (Phi) is 7.35. The van der Waals surface area contributed by atoms with Crippen molar-refractivity contribution in [3.05, 3.63) is 70.9 Å². The Labute approximate surface area is 197 Å². The zero-order chi connectivity index (χ0) is 24.1. The Morgan fingerprint density at radius 3 is 2.47 bits per heavy atom. The van der Waals surface area contributed by atoms with Crippen molar-refractivity contribution < 1.29 is 23.6 Å². The maximum atomic E-state index is 14.9. The van der Waals surface area contributed by atoms with Gasteiger partial charge in [-0.1, -0.05) is 49.5 Å². The average Bonchev–Trinajstić information content (AvgIpc) is 3.34. The summed E-state index contributed by atoms with van der Waals surface area (Å²) in [6.45, 7) is 2.01. The van der Waals surface area contributed by atoms with Gasteiger partial charge in [0.05, 0.1) is 5.56 Å². The van der Waals surface area contributed by atoms with Crippen LogP contribution in [-0.4, -0.2) is 33.2 Å². The molecule has 0 aliphatic heterocycles. The van der Waals surface area contributed by atoms with Gasteiger partial charge in [-0.15, -0.1) is 0 Å². The summed E-state index contributed by atoms with van der Waals surface area (Å²) >= 11 is 0. The van der Waals surface area contributed by atoms with Crippen molar-refractivity contribution in [2.45, 2.75) is 63.8 Å². The highest BCUT2D eigenvalue weighted by Crippen LogP contribution is 2.33. The standard InChI is InChI=1S/C26H28FN3O4/c1-2-16-8-11-18(12-9-16)24(31)28-22(26(32)33)15-17-10-13-20(21(27)14-17)23-29-25(34-30-23)19-6-4-3-5-7-19/h8-14,19,22H,2-7,15H2,1H3,(H,28,31)(H,32,33). The number of carbonyl (C=O) groups excluding carboxylic acids is 1. The lowest BCUT2D eigenvalue weighted by atomic mass is 9.89. The van der Waals surface area contributed by atoms with E-state index < -0.39 is 23.7 Å². The molecule has 0 bridgehead atoms. The van der Waals surface area contributed by atoms with Gasteiger partial charge in [-0.3, -0.25) is 4.79 Å². The zero-order valence-corrected chi connectivity index (χ0v) is 19.1. The van der Waals surface area contributed by atoms with E-state index in [1.54, 1.807) is 18.2 Å². The van der Waals surface area contributed by atoms with E-state index in [4.69, 9.17) is 4.52 Å². The van der Waals surface area contributed by atoms with Gasteiger partial charge < -0.3 is 14.9 Å². The average molecular weight is 466 g/mol. The van der Waals surface area contributed by atoms with Crippen LogP contribution in [0.25, 0.3) is 11.4 Å². The molecule has 7 nitrogen and oxygen atoms in total. The van der Waals surface area contributed by atoms with Gasteiger partial charge >= 0.3 is 5.97 Å². The molecule has 1 aliphatic carbocycles. The number of aliphatic carboxylic acids is 1. The summed E-state index contributed by atoms with van der Waals surface area (Å²) < 4.78 is 20.3. The summed E-state index contributed by atoms with van der Waals surface area (Å²) in [5.41, 5.74) is 2.08. The largest absolute Gasteiger partial charge is 0.480 e. The Morgan fingerprint density at radius 2 is 1.82 bits per heavy atom. The molecule has 0 saturated heterocycles. The van der Waals surface area contributed by atoms with Crippen molar-refractivity contribution >= 4 is 11.9 Å². The molecule has 1 aromatic heterocycles. The quantitative estimate of drug-likeness (QED) is 0.490. The molecule has 1 heterocycles. The minimum absolute atomic E-state index is 0.0646. The molecule has 8 heteroatoms. The van der Waals surface area contributed by atoms with Gasteiger partial charge in [-0.25, -0.2) is 9.18 Å². The molecule has 1 aliphatic rings. The summed E-state index contributed by atoms with van der Waals surface area (Å²) in [7, 11) is 0. The third kappa shape index (κ3) is 5.50. The van der Waals surface area contributed by atoms with Crippen LogP contribution < -0.4 is 5.32 Å². The first kappa shape index (κ1) is 23.6. The number of benzene rings is 2. The van der Waals surface area contributed by atoms with Crippen LogP contribution in [0.4, 0.5) is 4.39 Å². The van der Waals surface area contributed by atoms with E-state index in [1.807, 2.05) is 19.1 Å². The Balaban J connectivity index is 1.45. The van der Waals surface area contributed by atoms with E-state index in [0.717, 1.165) is 37.7 Å². The van der Waals surface area contributed by atoms with E-state index in [1.165, 1.54) is 18.6 Å². The molecule has 2 N–H and O–H groups in total. The smallest absolute Gasteiger partial charge is 0.326 e. The molecule has 34 heavy (non-hydrogen) atoms. The fourth-order valence-corrected chi connectivity index (χ4v) is 4.30. The van der Waals surface area contributed by atoms with Crippen molar-refractivity contribution in [3.8, 4) is 11.4 Å². The number of aryl methyl sites for hydroxylation is 1. The van der Waals surface area contributed by atoms with Gasteiger partial charge in [0, 0.05) is 17.9 Å². The maximum absolute atomic E-state index is 14.9. The van der Waals surface area contributed by atoms with E-state index in [2.05, 4.69) is 15.5 Å². The number of rotatable bonds is 8. The highest BCUT2D eigenvalue weighted by Gasteiger charge is 2.24. The first-order valence-electron chi connectivity index (χ1n) is 11.7.